The quantitative estimate of drug-likeness (QED) is 0.689. The zero-order valence-corrected chi connectivity index (χ0v) is 16.8. The lowest BCUT2D eigenvalue weighted by atomic mass is 10.1. The van der Waals surface area contributed by atoms with Crippen molar-refractivity contribution in [3.8, 4) is 11.5 Å². The largest absolute Gasteiger partial charge is 0.495 e. The van der Waals surface area contributed by atoms with Crippen molar-refractivity contribution in [1.82, 2.24) is 0 Å². The summed E-state index contributed by atoms with van der Waals surface area (Å²) in [5.74, 6) is 1.01. The van der Waals surface area contributed by atoms with Crippen molar-refractivity contribution < 1.29 is 23.8 Å². The summed E-state index contributed by atoms with van der Waals surface area (Å²) in [5.41, 5.74) is 1.74. The van der Waals surface area contributed by atoms with Crippen LogP contribution in [0.4, 0.5) is 11.4 Å². The molecule has 2 amide bonds. The molecule has 0 spiro atoms. The molecular formula is C22H26N2O5. The minimum Gasteiger partial charge on any atom is -0.495 e. The topological polar surface area (TPSA) is 77.1 Å². The molecule has 0 atom stereocenters. The van der Waals surface area contributed by atoms with Gasteiger partial charge in [0.1, 0.15) is 18.1 Å². The minimum atomic E-state index is -0.261. The van der Waals surface area contributed by atoms with E-state index in [1.165, 1.54) is 0 Å². The minimum absolute atomic E-state index is 0.0685. The molecule has 1 aliphatic heterocycles. The molecule has 0 unspecified atom stereocenters. The Morgan fingerprint density at radius 1 is 1.10 bits per heavy atom. The molecule has 1 aliphatic rings. The molecule has 154 valence electrons. The Hall–Kier alpha value is -3.06. The molecule has 0 aromatic heterocycles. The van der Waals surface area contributed by atoms with Crippen molar-refractivity contribution in [3.05, 3.63) is 48.0 Å². The van der Waals surface area contributed by atoms with E-state index in [1.54, 1.807) is 61.6 Å². The molecule has 2 aromatic carbocycles. The highest BCUT2D eigenvalue weighted by atomic mass is 16.5. The molecule has 1 N–H and O–H groups in total. The molecule has 3 rings (SSSR count). The van der Waals surface area contributed by atoms with Crippen molar-refractivity contribution in [3.63, 3.8) is 0 Å². The standard InChI is InChI=1S/C22H26N2O5/c1-27-12-13-29-18-7-5-6-16(14-18)22(26)23-17-9-10-20(28-2)19(15-17)24-11-4-3-8-21(24)25/h5-7,9-10,14-15H,3-4,8,11-13H2,1-2H3,(H,23,26). The number of methoxy groups -OCH3 is 2. The van der Waals surface area contributed by atoms with Gasteiger partial charge in [0, 0.05) is 31.3 Å². The fraction of sp³-hybridized carbons (Fsp3) is 0.364. The number of piperidine rings is 1. The van der Waals surface area contributed by atoms with Crippen molar-refractivity contribution in [2.45, 2.75) is 19.3 Å². The molecule has 29 heavy (non-hydrogen) atoms. The number of carbonyl (C=O) groups excluding carboxylic acids is 2. The number of benzene rings is 2. The second-order valence-electron chi connectivity index (χ2n) is 6.71. The van der Waals surface area contributed by atoms with Gasteiger partial charge in [-0.05, 0) is 49.2 Å². The lowest BCUT2D eigenvalue weighted by Crippen LogP contribution is -2.35. The Kier molecular flexibility index (Phi) is 7.08. The van der Waals surface area contributed by atoms with E-state index < -0.39 is 0 Å². The van der Waals surface area contributed by atoms with E-state index in [-0.39, 0.29) is 11.8 Å². The average Bonchev–Trinajstić information content (AvgIpc) is 2.74. The Bertz CT molecular complexity index is 868. The predicted molar refractivity (Wildman–Crippen MR) is 111 cm³/mol. The number of carbonyl (C=O) groups is 2. The fourth-order valence-electron chi connectivity index (χ4n) is 3.21. The number of hydrogen-bond donors (Lipinski definition) is 1. The van der Waals surface area contributed by atoms with Gasteiger partial charge in [0.2, 0.25) is 5.91 Å². The van der Waals surface area contributed by atoms with E-state index in [0.717, 1.165) is 12.8 Å². The highest BCUT2D eigenvalue weighted by Crippen LogP contribution is 2.33. The van der Waals surface area contributed by atoms with Crippen LogP contribution in [0.2, 0.25) is 0 Å². The van der Waals surface area contributed by atoms with Gasteiger partial charge in [0.25, 0.3) is 5.91 Å². The van der Waals surface area contributed by atoms with Gasteiger partial charge < -0.3 is 24.4 Å². The molecule has 0 bridgehead atoms. The zero-order valence-electron chi connectivity index (χ0n) is 16.8. The van der Waals surface area contributed by atoms with Crippen LogP contribution in [0.1, 0.15) is 29.6 Å². The maximum atomic E-state index is 12.7. The van der Waals surface area contributed by atoms with Gasteiger partial charge >= 0.3 is 0 Å². The molecule has 1 heterocycles. The lowest BCUT2D eigenvalue weighted by Gasteiger charge is -2.28. The number of ether oxygens (including phenoxy) is 3. The second-order valence-corrected chi connectivity index (χ2v) is 6.71. The Labute approximate surface area is 170 Å². The van der Waals surface area contributed by atoms with Crippen LogP contribution in [0.3, 0.4) is 0 Å². The lowest BCUT2D eigenvalue weighted by molar-refractivity contribution is -0.119. The van der Waals surface area contributed by atoms with Crippen molar-refractivity contribution in [2.24, 2.45) is 0 Å². The van der Waals surface area contributed by atoms with Crippen LogP contribution in [0.5, 0.6) is 11.5 Å². The summed E-state index contributed by atoms with van der Waals surface area (Å²) in [5, 5.41) is 2.89. The predicted octanol–water partition coefficient (Wildman–Crippen LogP) is 3.49. The van der Waals surface area contributed by atoms with E-state index in [9.17, 15) is 9.59 Å². The summed E-state index contributed by atoms with van der Waals surface area (Å²) in [6, 6.07) is 12.3. The number of rotatable bonds is 8. The molecule has 2 aromatic rings. The van der Waals surface area contributed by atoms with Gasteiger partial charge in [0.15, 0.2) is 0 Å². The van der Waals surface area contributed by atoms with Crippen LogP contribution in [0, 0.1) is 0 Å². The summed E-state index contributed by atoms with van der Waals surface area (Å²) in [6.07, 6.45) is 2.37. The third-order valence-corrected chi connectivity index (χ3v) is 4.70. The summed E-state index contributed by atoms with van der Waals surface area (Å²) in [6.45, 7) is 1.53. The zero-order chi connectivity index (χ0) is 20.6. The maximum Gasteiger partial charge on any atom is 0.255 e. The molecule has 7 nitrogen and oxygen atoms in total. The van der Waals surface area contributed by atoms with Crippen LogP contribution in [-0.4, -0.2) is 45.8 Å². The van der Waals surface area contributed by atoms with E-state index in [1.807, 2.05) is 0 Å². The number of nitrogens with one attached hydrogen (secondary N) is 1. The number of anilines is 2. The van der Waals surface area contributed by atoms with Gasteiger partial charge in [-0.15, -0.1) is 0 Å². The number of amides is 2. The van der Waals surface area contributed by atoms with Crippen LogP contribution in [0.15, 0.2) is 42.5 Å². The summed E-state index contributed by atoms with van der Waals surface area (Å²) in [4.78, 5) is 26.7. The number of hydrogen-bond acceptors (Lipinski definition) is 5. The third kappa shape index (κ3) is 5.26. The van der Waals surface area contributed by atoms with Crippen molar-refractivity contribution in [2.75, 3.05) is 44.2 Å². The van der Waals surface area contributed by atoms with Gasteiger partial charge in [0.05, 0.1) is 19.4 Å². The fourth-order valence-corrected chi connectivity index (χ4v) is 3.21. The first-order chi connectivity index (χ1) is 14.1. The summed E-state index contributed by atoms with van der Waals surface area (Å²) in [7, 11) is 3.17. The van der Waals surface area contributed by atoms with E-state index in [4.69, 9.17) is 14.2 Å². The number of nitrogens with zero attached hydrogens (tertiary/aromatic N) is 1. The molecular weight excluding hydrogens is 372 g/mol. The third-order valence-electron chi connectivity index (χ3n) is 4.70. The van der Waals surface area contributed by atoms with Gasteiger partial charge in [-0.3, -0.25) is 9.59 Å². The van der Waals surface area contributed by atoms with Gasteiger partial charge in [-0.25, -0.2) is 0 Å². The normalized spacial score (nSPS) is 13.9. The summed E-state index contributed by atoms with van der Waals surface area (Å²) < 4.78 is 15.9. The van der Waals surface area contributed by atoms with Crippen LogP contribution in [0.25, 0.3) is 0 Å². The van der Waals surface area contributed by atoms with Gasteiger partial charge in [-0.1, -0.05) is 6.07 Å². The van der Waals surface area contributed by atoms with E-state index >= 15 is 0 Å². The van der Waals surface area contributed by atoms with Crippen molar-refractivity contribution >= 4 is 23.2 Å². The van der Waals surface area contributed by atoms with Gasteiger partial charge in [-0.2, -0.15) is 0 Å². The molecule has 0 saturated carbocycles. The van der Waals surface area contributed by atoms with Crippen molar-refractivity contribution in [1.29, 1.82) is 0 Å². The van der Waals surface area contributed by atoms with Crippen LogP contribution >= 0.6 is 0 Å². The molecule has 1 fully saturated rings. The maximum absolute atomic E-state index is 12.7. The molecule has 0 radical (unpaired) electrons. The highest BCUT2D eigenvalue weighted by Gasteiger charge is 2.23. The first kappa shape index (κ1) is 20.7. The summed E-state index contributed by atoms with van der Waals surface area (Å²) >= 11 is 0. The molecule has 1 saturated heterocycles. The average molecular weight is 398 g/mol. The van der Waals surface area contributed by atoms with E-state index in [0.29, 0.717) is 54.6 Å². The highest BCUT2D eigenvalue weighted by molar-refractivity contribution is 6.05. The first-order valence-corrected chi connectivity index (χ1v) is 9.64. The smallest absolute Gasteiger partial charge is 0.255 e. The van der Waals surface area contributed by atoms with E-state index in [2.05, 4.69) is 5.32 Å². The monoisotopic (exact) mass is 398 g/mol. The first-order valence-electron chi connectivity index (χ1n) is 9.64. The van der Waals surface area contributed by atoms with Crippen LogP contribution in [-0.2, 0) is 9.53 Å². The Morgan fingerprint density at radius 2 is 1.97 bits per heavy atom. The molecule has 7 heteroatoms. The van der Waals surface area contributed by atoms with Crippen LogP contribution < -0.4 is 19.7 Å². The second kappa shape index (κ2) is 9.93. The SMILES string of the molecule is COCCOc1cccc(C(=O)Nc2ccc(OC)c(N3CCCCC3=O)c2)c1. The Morgan fingerprint density at radius 3 is 2.72 bits per heavy atom. The Balaban J connectivity index is 1.76. The molecule has 0 aliphatic carbocycles.